The number of alkyl halides is 2. The zero-order valence-corrected chi connectivity index (χ0v) is 11.3. The number of hydrogen-bond acceptors (Lipinski definition) is 4. The molecule has 2 rings (SSSR count). The van der Waals surface area contributed by atoms with Crippen LogP contribution in [0.4, 0.5) is 8.78 Å². The summed E-state index contributed by atoms with van der Waals surface area (Å²) in [6.07, 6.45) is 1.68. The highest BCUT2D eigenvalue weighted by Crippen LogP contribution is 2.20. The first-order valence-electron chi connectivity index (χ1n) is 6.18. The Morgan fingerprint density at radius 2 is 2.20 bits per heavy atom. The summed E-state index contributed by atoms with van der Waals surface area (Å²) in [4.78, 5) is 0. The number of hydrogen-bond donors (Lipinski definition) is 1. The van der Waals surface area contributed by atoms with Crippen LogP contribution in [0.1, 0.15) is 24.2 Å². The van der Waals surface area contributed by atoms with Gasteiger partial charge in [-0.1, -0.05) is 17.3 Å². The van der Waals surface area contributed by atoms with E-state index in [1.54, 1.807) is 23.0 Å². The van der Waals surface area contributed by atoms with Crippen molar-refractivity contribution in [3.63, 3.8) is 0 Å². The molecule has 0 bridgehead atoms. The van der Waals surface area contributed by atoms with E-state index in [4.69, 9.17) is 0 Å². The molecule has 1 unspecified atom stereocenters. The largest absolute Gasteiger partial charge is 0.435 e. The Balaban J connectivity index is 1.98. The number of nitrogens with one attached hydrogen (secondary N) is 1. The van der Waals surface area contributed by atoms with Gasteiger partial charge < -0.3 is 10.1 Å². The molecule has 0 radical (unpaired) electrons. The van der Waals surface area contributed by atoms with Crippen molar-refractivity contribution < 1.29 is 13.5 Å². The van der Waals surface area contributed by atoms with Gasteiger partial charge in [0.05, 0.1) is 11.9 Å². The molecular formula is C13H16F2N4O. The van der Waals surface area contributed by atoms with Crippen molar-refractivity contribution in [2.75, 3.05) is 0 Å². The fourth-order valence-electron chi connectivity index (χ4n) is 1.81. The second-order valence-electron chi connectivity index (χ2n) is 4.40. The van der Waals surface area contributed by atoms with E-state index < -0.39 is 6.61 Å². The average Bonchev–Trinajstić information content (AvgIpc) is 2.81. The lowest BCUT2D eigenvalue weighted by Gasteiger charge is -2.15. The second kappa shape index (κ2) is 6.42. The maximum atomic E-state index is 12.2. The first-order chi connectivity index (χ1) is 9.56. The molecular weight excluding hydrogens is 266 g/mol. The van der Waals surface area contributed by atoms with Crippen LogP contribution in [0.5, 0.6) is 5.75 Å². The highest BCUT2D eigenvalue weighted by molar-refractivity contribution is 5.30. The molecule has 108 valence electrons. The molecule has 5 nitrogen and oxygen atoms in total. The Kier molecular flexibility index (Phi) is 4.62. The number of benzene rings is 1. The highest BCUT2D eigenvalue weighted by atomic mass is 19.3. The Morgan fingerprint density at radius 1 is 1.40 bits per heavy atom. The lowest BCUT2D eigenvalue weighted by Crippen LogP contribution is -2.19. The van der Waals surface area contributed by atoms with E-state index in [2.05, 4.69) is 20.4 Å². The summed E-state index contributed by atoms with van der Waals surface area (Å²) >= 11 is 0. The van der Waals surface area contributed by atoms with Crippen molar-refractivity contribution in [3.8, 4) is 5.75 Å². The number of rotatable bonds is 6. The molecule has 0 saturated carbocycles. The third-order valence-corrected chi connectivity index (χ3v) is 2.98. The lowest BCUT2D eigenvalue weighted by molar-refractivity contribution is -0.0499. The number of nitrogens with zero attached hydrogens (tertiary/aromatic N) is 3. The standard InChI is InChI=1S/C13H16F2N4O/c1-9(16-7-11-8-17-18-19(11)2)10-4-3-5-12(6-10)20-13(14)15/h3-6,8-9,13,16H,7H2,1-2H3. The molecule has 0 aliphatic carbocycles. The van der Waals surface area contributed by atoms with Gasteiger partial charge in [-0.2, -0.15) is 8.78 Å². The molecule has 1 aromatic heterocycles. The van der Waals surface area contributed by atoms with Gasteiger partial charge in [-0.15, -0.1) is 5.10 Å². The van der Waals surface area contributed by atoms with Crippen molar-refractivity contribution in [1.82, 2.24) is 20.3 Å². The summed E-state index contributed by atoms with van der Waals surface area (Å²) < 4.78 is 30.4. The average molecular weight is 282 g/mol. The number of aryl methyl sites for hydroxylation is 1. The third kappa shape index (κ3) is 3.74. The molecule has 0 aliphatic rings. The van der Waals surface area contributed by atoms with Crippen LogP contribution in [0.3, 0.4) is 0 Å². The summed E-state index contributed by atoms with van der Waals surface area (Å²) in [7, 11) is 1.81. The van der Waals surface area contributed by atoms with Gasteiger partial charge in [0.2, 0.25) is 0 Å². The zero-order chi connectivity index (χ0) is 14.5. The summed E-state index contributed by atoms with van der Waals surface area (Å²) in [6.45, 7) is -0.273. The van der Waals surface area contributed by atoms with Crippen LogP contribution in [0.25, 0.3) is 0 Å². The van der Waals surface area contributed by atoms with E-state index in [1.165, 1.54) is 6.07 Å². The molecule has 0 spiro atoms. The molecule has 20 heavy (non-hydrogen) atoms. The Labute approximate surface area is 115 Å². The normalized spacial score (nSPS) is 12.7. The van der Waals surface area contributed by atoms with E-state index >= 15 is 0 Å². The van der Waals surface area contributed by atoms with Gasteiger partial charge in [0.15, 0.2) is 0 Å². The molecule has 1 N–H and O–H groups in total. The minimum absolute atomic E-state index is 0.00822. The quantitative estimate of drug-likeness (QED) is 0.883. The molecule has 0 fully saturated rings. The van der Waals surface area contributed by atoms with Crippen LogP contribution in [-0.4, -0.2) is 21.6 Å². The summed E-state index contributed by atoms with van der Waals surface area (Å²) in [5, 5.41) is 10.9. The summed E-state index contributed by atoms with van der Waals surface area (Å²) in [5.41, 5.74) is 1.81. The number of aromatic nitrogens is 3. The molecule has 7 heteroatoms. The lowest BCUT2D eigenvalue weighted by atomic mass is 10.1. The monoisotopic (exact) mass is 282 g/mol. The van der Waals surface area contributed by atoms with Crippen LogP contribution >= 0.6 is 0 Å². The van der Waals surface area contributed by atoms with Gasteiger partial charge in [0.1, 0.15) is 5.75 Å². The summed E-state index contributed by atoms with van der Waals surface area (Å²) in [6, 6.07) is 6.65. The predicted octanol–water partition coefficient (Wildman–Crippen LogP) is 2.27. The molecule has 1 aromatic carbocycles. The van der Waals surface area contributed by atoms with E-state index in [0.717, 1.165) is 11.3 Å². The fraction of sp³-hybridized carbons (Fsp3) is 0.385. The van der Waals surface area contributed by atoms with Crippen LogP contribution in [0.2, 0.25) is 0 Å². The van der Waals surface area contributed by atoms with Gasteiger partial charge in [0.25, 0.3) is 0 Å². The highest BCUT2D eigenvalue weighted by Gasteiger charge is 2.09. The van der Waals surface area contributed by atoms with Gasteiger partial charge >= 0.3 is 6.61 Å². The molecule has 0 aliphatic heterocycles. The van der Waals surface area contributed by atoms with Crippen molar-refractivity contribution in [2.24, 2.45) is 7.05 Å². The van der Waals surface area contributed by atoms with Gasteiger partial charge in [-0.3, -0.25) is 4.68 Å². The molecule has 1 atom stereocenters. The van der Waals surface area contributed by atoms with Crippen LogP contribution in [0.15, 0.2) is 30.5 Å². The smallest absolute Gasteiger partial charge is 0.387 e. The molecule has 0 saturated heterocycles. The van der Waals surface area contributed by atoms with E-state index in [0.29, 0.717) is 6.54 Å². The minimum atomic E-state index is -2.81. The van der Waals surface area contributed by atoms with Crippen molar-refractivity contribution in [2.45, 2.75) is 26.1 Å². The van der Waals surface area contributed by atoms with Gasteiger partial charge in [-0.05, 0) is 24.6 Å². The van der Waals surface area contributed by atoms with E-state index in [9.17, 15) is 8.78 Å². The van der Waals surface area contributed by atoms with Crippen molar-refractivity contribution >= 4 is 0 Å². The van der Waals surface area contributed by atoms with Crippen LogP contribution < -0.4 is 10.1 Å². The van der Waals surface area contributed by atoms with Crippen molar-refractivity contribution in [3.05, 3.63) is 41.7 Å². The predicted molar refractivity (Wildman–Crippen MR) is 69.3 cm³/mol. The fourth-order valence-corrected chi connectivity index (χ4v) is 1.81. The third-order valence-electron chi connectivity index (χ3n) is 2.98. The van der Waals surface area contributed by atoms with Gasteiger partial charge in [0, 0.05) is 19.6 Å². The van der Waals surface area contributed by atoms with Crippen LogP contribution in [0, 0.1) is 0 Å². The Bertz CT molecular complexity index is 559. The molecule has 1 heterocycles. The zero-order valence-electron chi connectivity index (χ0n) is 11.3. The number of halogens is 2. The number of ether oxygens (including phenoxy) is 1. The first kappa shape index (κ1) is 14.4. The SMILES string of the molecule is CC(NCc1cnnn1C)c1cccc(OC(F)F)c1. The minimum Gasteiger partial charge on any atom is -0.435 e. The van der Waals surface area contributed by atoms with E-state index in [-0.39, 0.29) is 11.8 Å². The van der Waals surface area contributed by atoms with E-state index in [1.807, 2.05) is 20.0 Å². The maximum absolute atomic E-state index is 12.2. The maximum Gasteiger partial charge on any atom is 0.387 e. The Morgan fingerprint density at radius 3 is 2.85 bits per heavy atom. The second-order valence-corrected chi connectivity index (χ2v) is 4.40. The van der Waals surface area contributed by atoms with Crippen molar-refractivity contribution in [1.29, 1.82) is 0 Å². The first-order valence-corrected chi connectivity index (χ1v) is 6.18. The topological polar surface area (TPSA) is 52.0 Å². The van der Waals surface area contributed by atoms with Crippen LogP contribution in [-0.2, 0) is 13.6 Å². The Hall–Kier alpha value is -2.02. The summed E-state index contributed by atoms with van der Waals surface area (Å²) in [5.74, 6) is 0.161. The molecule has 0 amide bonds. The van der Waals surface area contributed by atoms with Gasteiger partial charge in [-0.25, -0.2) is 0 Å². The molecule has 2 aromatic rings.